The van der Waals surface area contributed by atoms with E-state index in [0.29, 0.717) is 42.7 Å². The molecule has 0 radical (unpaired) electrons. The number of nitrogens with one attached hydrogen (secondary N) is 1. The number of rotatable bonds is 8. The number of hydrogen-bond donors (Lipinski definition) is 1. The molecule has 1 saturated heterocycles. The van der Waals surface area contributed by atoms with Crippen LogP contribution in [-0.2, 0) is 11.3 Å². The lowest BCUT2D eigenvalue weighted by Crippen LogP contribution is -2.50. The van der Waals surface area contributed by atoms with E-state index in [-0.39, 0.29) is 18.2 Å². The molecule has 34 heavy (non-hydrogen) atoms. The lowest BCUT2D eigenvalue weighted by atomic mass is 9.77. The number of amides is 2. The van der Waals surface area contributed by atoms with Crippen molar-refractivity contribution in [1.29, 1.82) is 0 Å². The second-order valence-corrected chi connectivity index (χ2v) is 9.40. The summed E-state index contributed by atoms with van der Waals surface area (Å²) in [5.41, 5.74) is 1.000. The Hall–Kier alpha value is -3.32. The van der Waals surface area contributed by atoms with Crippen LogP contribution in [0.5, 0.6) is 5.75 Å². The Morgan fingerprint density at radius 1 is 1.18 bits per heavy atom. The third-order valence-electron chi connectivity index (χ3n) is 6.24. The van der Waals surface area contributed by atoms with E-state index < -0.39 is 5.41 Å². The number of carbonyl (C=O) groups excluding carboxylic acids is 2. The molecule has 0 spiro atoms. The SMILES string of the molecule is CN(Cc1ccccc1)C(=O)C[C@]1(COc2cccc(Cl)c2)CCCN(C(=O)c2ccn[nH]2)C1. The van der Waals surface area contributed by atoms with Gasteiger partial charge in [0.25, 0.3) is 5.91 Å². The molecule has 1 atom stereocenters. The average molecular weight is 481 g/mol. The first-order valence-corrected chi connectivity index (χ1v) is 11.8. The van der Waals surface area contributed by atoms with Crippen molar-refractivity contribution in [3.8, 4) is 5.75 Å². The zero-order valence-electron chi connectivity index (χ0n) is 19.2. The van der Waals surface area contributed by atoms with Crippen LogP contribution in [0.2, 0.25) is 5.02 Å². The molecule has 1 N–H and O–H groups in total. The highest BCUT2D eigenvalue weighted by Crippen LogP contribution is 2.36. The highest BCUT2D eigenvalue weighted by molar-refractivity contribution is 6.30. The molecule has 2 heterocycles. The summed E-state index contributed by atoms with van der Waals surface area (Å²) in [6, 6.07) is 18.8. The minimum atomic E-state index is -0.516. The van der Waals surface area contributed by atoms with Gasteiger partial charge in [-0.2, -0.15) is 5.10 Å². The fraction of sp³-hybridized carbons (Fsp3) is 0.346. The van der Waals surface area contributed by atoms with Gasteiger partial charge in [0.15, 0.2) is 0 Å². The molecule has 0 unspecified atom stereocenters. The highest BCUT2D eigenvalue weighted by Gasteiger charge is 2.41. The summed E-state index contributed by atoms with van der Waals surface area (Å²) in [7, 11) is 1.82. The van der Waals surface area contributed by atoms with Gasteiger partial charge in [0.05, 0.1) is 6.61 Å². The number of H-pyrrole nitrogens is 1. The second-order valence-electron chi connectivity index (χ2n) is 8.96. The van der Waals surface area contributed by atoms with Crippen molar-refractivity contribution >= 4 is 23.4 Å². The van der Waals surface area contributed by atoms with Gasteiger partial charge in [-0.1, -0.05) is 48.0 Å². The van der Waals surface area contributed by atoms with Crippen molar-refractivity contribution in [3.63, 3.8) is 0 Å². The van der Waals surface area contributed by atoms with E-state index in [1.54, 1.807) is 34.2 Å². The van der Waals surface area contributed by atoms with Gasteiger partial charge in [0, 0.05) is 49.7 Å². The Bertz CT molecular complexity index is 1110. The molecule has 1 fully saturated rings. The van der Waals surface area contributed by atoms with Gasteiger partial charge in [0.2, 0.25) is 5.91 Å². The predicted octanol–water partition coefficient (Wildman–Crippen LogP) is 4.41. The molecule has 178 valence electrons. The van der Waals surface area contributed by atoms with Crippen LogP contribution in [0.25, 0.3) is 0 Å². The lowest BCUT2D eigenvalue weighted by Gasteiger charge is -2.42. The smallest absolute Gasteiger partial charge is 0.271 e. The largest absolute Gasteiger partial charge is 0.493 e. The Morgan fingerprint density at radius 3 is 2.74 bits per heavy atom. The van der Waals surface area contributed by atoms with E-state index in [2.05, 4.69) is 10.2 Å². The number of ether oxygens (including phenoxy) is 1. The second kappa shape index (κ2) is 10.7. The molecule has 0 aliphatic carbocycles. The standard InChI is InChI=1S/C26H29ClN4O3/c1-30(17-20-7-3-2-4-8-20)24(32)16-26(19-34-22-10-5-9-21(27)15-22)12-6-14-31(18-26)25(33)23-11-13-28-29-23/h2-5,7-11,13,15H,6,12,14,16-19H2,1H3,(H,28,29)/t26-/m1/s1. The van der Waals surface area contributed by atoms with E-state index in [0.717, 1.165) is 18.4 Å². The molecule has 8 heteroatoms. The zero-order chi connectivity index (χ0) is 24.0. The van der Waals surface area contributed by atoms with Crippen molar-refractivity contribution < 1.29 is 14.3 Å². The zero-order valence-corrected chi connectivity index (χ0v) is 20.0. The summed E-state index contributed by atoms with van der Waals surface area (Å²) in [6.45, 7) is 1.90. The van der Waals surface area contributed by atoms with Crippen LogP contribution >= 0.6 is 11.6 Å². The summed E-state index contributed by atoms with van der Waals surface area (Å²) in [5.74, 6) is 0.554. The number of aromatic nitrogens is 2. The summed E-state index contributed by atoms with van der Waals surface area (Å²) in [4.78, 5) is 29.9. The quantitative estimate of drug-likeness (QED) is 0.518. The van der Waals surface area contributed by atoms with Crippen molar-refractivity contribution in [1.82, 2.24) is 20.0 Å². The summed E-state index contributed by atoms with van der Waals surface area (Å²) in [5, 5.41) is 7.24. The van der Waals surface area contributed by atoms with Crippen molar-refractivity contribution in [2.45, 2.75) is 25.8 Å². The summed E-state index contributed by atoms with van der Waals surface area (Å²) >= 11 is 6.12. The number of piperidine rings is 1. The average Bonchev–Trinajstić information content (AvgIpc) is 3.38. The number of likely N-dealkylation sites (tertiary alicyclic amines) is 1. The van der Waals surface area contributed by atoms with Crippen LogP contribution < -0.4 is 4.74 Å². The van der Waals surface area contributed by atoms with Crippen LogP contribution in [0.4, 0.5) is 0 Å². The van der Waals surface area contributed by atoms with Crippen LogP contribution in [0, 0.1) is 5.41 Å². The lowest BCUT2D eigenvalue weighted by molar-refractivity contribution is -0.134. The van der Waals surface area contributed by atoms with Crippen LogP contribution in [0.3, 0.4) is 0 Å². The monoisotopic (exact) mass is 480 g/mol. The van der Waals surface area contributed by atoms with Crippen molar-refractivity contribution in [2.24, 2.45) is 5.41 Å². The summed E-state index contributed by atoms with van der Waals surface area (Å²) in [6.07, 6.45) is 3.41. The number of benzene rings is 2. The molecule has 2 aromatic carbocycles. The number of hydrogen-bond acceptors (Lipinski definition) is 4. The first-order valence-electron chi connectivity index (χ1n) is 11.4. The molecule has 3 aromatic rings. The van der Waals surface area contributed by atoms with E-state index in [9.17, 15) is 9.59 Å². The van der Waals surface area contributed by atoms with Crippen molar-refractivity contribution in [2.75, 3.05) is 26.7 Å². The molecule has 1 aliphatic heterocycles. The van der Waals surface area contributed by atoms with Gasteiger partial charge in [0.1, 0.15) is 11.4 Å². The van der Waals surface area contributed by atoms with Gasteiger partial charge in [-0.25, -0.2) is 0 Å². The Morgan fingerprint density at radius 2 is 2.00 bits per heavy atom. The fourth-order valence-corrected chi connectivity index (χ4v) is 4.61. The number of nitrogens with zero attached hydrogens (tertiary/aromatic N) is 3. The van der Waals surface area contributed by atoms with Crippen LogP contribution in [0.15, 0.2) is 66.9 Å². The molecule has 1 aromatic heterocycles. The third-order valence-corrected chi connectivity index (χ3v) is 6.47. The molecule has 1 aliphatic rings. The third kappa shape index (κ3) is 5.97. The minimum Gasteiger partial charge on any atom is -0.493 e. The molecular formula is C26H29ClN4O3. The van der Waals surface area contributed by atoms with E-state index in [4.69, 9.17) is 16.3 Å². The number of carbonyl (C=O) groups is 2. The molecule has 0 saturated carbocycles. The maximum absolute atomic E-state index is 13.3. The first-order chi connectivity index (χ1) is 16.4. The Kier molecular flexibility index (Phi) is 7.53. The number of halogens is 1. The molecule has 0 bridgehead atoms. The fourth-order valence-electron chi connectivity index (χ4n) is 4.43. The van der Waals surface area contributed by atoms with Crippen molar-refractivity contribution in [3.05, 3.63) is 83.1 Å². The van der Waals surface area contributed by atoms with Crippen LogP contribution in [-0.4, -0.2) is 58.6 Å². The number of aromatic amines is 1. The first kappa shape index (κ1) is 23.8. The van der Waals surface area contributed by atoms with Crippen LogP contribution in [0.1, 0.15) is 35.3 Å². The highest BCUT2D eigenvalue weighted by atomic mass is 35.5. The molecular weight excluding hydrogens is 452 g/mol. The summed E-state index contributed by atoms with van der Waals surface area (Å²) < 4.78 is 6.13. The van der Waals surface area contributed by atoms with E-state index in [1.165, 1.54) is 0 Å². The molecule has 4 rings (SSSR count). The van der Waals surface area contributed by atoms with Gasteiger partial charge in [-0.05, 0) is 42.7 Å². The van der Waals surface area contributed by atoms with Gasteiger partial charge >= 0.3 is 0 Å². The van der Waals surface area contributed by atoms with Gasteiger partial charge in [-0.3, -0.25) is 14.7 Å². The van der Waals surface area contributed by atoms with Gasteiger partial charge < -0.3 is 14.5 Å². The van der Waals surface area contributed by atoms with E-state index >= 15 is 0 Å². The molecule has 7 nitrogen and oxygen atoms in total. The Balaban J connectivity index is 1.51. The van der Waals surface area contributed by atoms with Gasteiger partial charge in [-0.15, -0.1) is 0 Å². The predicted molar refractivity (Wildman–Crippen MR) is 131 cm³/mol. The maximum atomic E-state index is 13.3. The van der Waals surface area contributed by atoms with E-state index in [1.807, 2.05) is 49.5 Å². The minimum absolute atomic E-state index is 0.0226. The topological polar surface area (TPSA) is 78.5 Å². The normalized spacial score (nSPS) is 17.9. The Labute approximate surface area is 204 Å². The molecule has 2 amide bonds. The maximum Gasteiger partial charge on any atom is 0.271 e.